The van der Waals surface area contributed by atoms with Crippen molar-refractivity contribution in [3.63, 3.8) is 0 Å². The second-order valence-corrected chi connectivity index (χ2v) is 11.4. The van der Waals surface area contributed by atoms with Crippen molar-refractivity contribution < 1.29 is 28.5 Å². The van der Waals surface area contributed by atoms with Gasteiger partial charge in [-0.1, -0.05) is 23.7 Å². The van der Waals surface area contributed by atoms with E-state index in [-0.39, 0.29) is 24.1 Å². The molecular weight excluding hydrogens is 604 g/mol. The molecular formula is C32H33ClN4O6S. The van der Waals surface area contributed by atoms with Crippen molar-refractivity contribution in [3.8, 4) is 34.2 Å². The number of methoxy groups -OCH3 is 4. The molecule has 0 unspecified atom stereocenters. The van der Waals surface area contributed by atoms with Crippen molar-refractivity contribution in [1.29, 1.82) is 0 Å². The number of rotatable bonds is 11. The molecule has 1 aliphatic heterocycles. The first kappa shape index (κ1) is 31.2. The third-order valence-corrected chi connectivity index (χ3v) is 8.66. The van der Waals surface area contributed by atoms with Crippen LogP contribution >= 0.6 is 23.4 Å². The first-order chi connectivity index (χ1) is 21.4. The Morgan fingerprint density at radius 2 is 1.68 bits per heavy atom. The van der Waals surface area contributed by atoms with Gasteiger partial charge in [0.25, 0.3) is 0 Å². The first-order valence-corrected chi connectivity index (χ1v) is 15.2. The van der Waals surface area contributed by atoms with Gasteiger partial charge < -0.3 is 24.3 Å². The van der Waals surface area contributed by atoms with Crippen LogP contribution in [-0.4, -0.2) is 75.5 Å². The van der Waals surface area contributed by atoms with Crippen LogP contribution in [0.3, 0.4) is 0 Å². The molecule has 5 rings (SSSR count). The van der Waals surface area contributed by atoms with E-state index < -0.39 is 5.25 Å². The highest BCUT2D eigenvalue weighted by molar-refractivity contribution is 8.00. The van der Waals surface area contributed by atoms with Gasteiger partial charge >= 0.3 is 0 Å². The quantitative estimate of drug-likeness (QED) is 0.226. The molecule has 0 fully saturated rings. The number of ether oxygens (including phenoxy) is 4. The lowest BCUT2D eigenvalue weighted by Crippen LogP contribution is -2.43. The Balaban J connectivity index is 1.79. The minimum atomic E-state index is -0.418. The first-order valence-electron chi connectivity index (χ1n) is 13.8. The lowest BCUT2D eigenvalue weighted by molar-refractivity contribution is -0.123. The standard InChI is InChI=1S/C32H33ClN4O6S/c1-40-16-15-34-27(38)18-36-28(39)19-44-31(25-17-24(42-3)13-14-26(25)43-4)29-30(20-5-7-21(33)8-6-20)35-37(32(29)36)22-9-11-23(41-2)12-10-22/h5-14,17,31H,15-16,18-19H2,1-4H3,(H,34,38)/t31-/m1/s1. The normalized spacial score (nSPS) is 14.5. The van der Waals surface area contributed by atoms with E-state index in [0.29, 0.717) is 52.6 Å². The lowest BCUT2D eigenvalue weighted by atomic mass is 9.98. The van der Waals surface area contributed by atoms with E-state index in [9.17, 15) is 9.59 Å². The van der Waals surface area contributed by atoms with E-state index in [2.05, 4.69) is 5.32 Å². The van der Waals surface area contributed by atoms with Crippen LogP contribution < -0.4 is 24.4 Å². The fourth-order valence-corrected chi connectivity index (χ4v) is 6.36. The summed E-state index contributed by atoms with van der Waals surface area (Å²) in [6, 6.07) is 20.3. The Hall–Kier alpha value is -4.19. The monoisotopic (exact) mass is 636 g/mol. The number of carbonyl (C=O) groups excluding carboxylic acids is 2. The van der Waals surface area contributed by atoms with Crippen LogP contribution in [0.4, 0.5) is 5.82 Å². The molecule has 0 bridgehead atoms. The number of amides is 2. The number of benzene rings is 3. The fourth-order valence-electron chi connectivity index (χ4n) is 5.03. The molecule has 1 aliphatic rings. The van der Waals surface area contributed by atoms with Crippen molar-refractivity contribution in [2.24, 2.45) is 0 Å². The number of fused-ring (bicyclic) bond motifs is 1. The van der Waals surface area contributed by atoms with Gasteiger partial charge in [0, 0.05) is 35.4 Å². The summed E-state index contributed by atoms with van der Waals surface area (Å²) in [4.78, 5) is 28.6. The zero-order valence-electron chi connectivity index (χ0n) is 24.8. The summed E-state index contributed by atoms with van der Waals surface area (Å²) in [6.45, 7) is 0.458. The molecule has 1 aromatic heterocycles. The van der Waals surface area contributed by atoms with E-state index >= 15 is 0 Å². The Kier molecular flexibility index (Phi) is 9.99. The van der Waals surface area contributed by atoms with Crippen LogP contribution in [0, 0.1) is 0 Å². The predicted octanol–water partition coefficient (Wildman–Crippen LogP) is 5.15. The second-order valence-electron chi connectivity index (χ2n) is 9.82. The average molecular weight is 637 g/mol. The molecule has 1 atom stereocenters. The number of nitrogens with one attached hydrogen (secondary N) is 1. The molecule has 0 aliphatic carbocycles. The number of carbonyl (C=O) groups is 2. The van der Waals surface area contributed by atoms with Crippen molar-refractivity contribution in [3.05, 3.63) is 82.9 Å². The number of hydrogen-bond acceptors (Lipinski definition) is 8. The largest absolute Gasteiger partial charge is 0.497 e. The Morgan fingerprint density at radius 3 is 2.34 bits per heavy atom. The molecule has 2 heterocycles. The molecule has 0 radical (unpaired) electrons. The third kappa shape index (κ3) is 6.50. The van der Waals surface area contributed by atoms with E-state index in [1.54, 1.807) is 45.3 Å². The summed E-state index contributed by atoms with van der Waals surface area (Å²) < 4.78 is 23.6. The Labute approximate surface area is 265 Å². The highest BCUT2D eigenvalue weighted by Crippen LogP contribution is 2.51. The van der Waals surface area contributed by atoms with Crippen LogP contribution in [0.15, 0.2) is 66.7 Å². The van der Waals surface area contributed by atoms with Crippen molar-refractivity contribution in [1.82, 2.24) is 15.1 Å². The van der Waals surface area contributed by atoms with Gasteiger partial charge in [-0.3, -0.25) is 14.5 Å². The van der Waals surface area contributed by atoms with E-state index in [0.717, 1.165) is 16.7 Å². The number of aromatic nitrogens is 2. The van der Waals surface area contributed by atoms with E-state index in [1.165, 1.54) is 16.7 Å². The molecule has 10 nitrogen and oxygen atoms in total. The average Bonchev–Trinajstić information content (AvgIpc) is 3.37. The van der Waals surface area contributed by atoms with E-state index in [4.69, 9.17) is 35.6 Å². The maximum absolute atomic E-state index is 13.9. The van der Waals surface area contributed by atoms with Gasteiger partial charge in [-0.15, -0.1) is 11.8 Å². The number of nitrogens with zero attached hydrogens (tertiary/aromatic N) is 3. The van der Waals surface area contributed by atoms with Gasteiger partial charge in [-0.25, -0.2) is 4.68 Å². The predicted molar refractivity (Wildman–Crippen MR) is 172 cm³/mol. The molecule has 2 amide bonds. The molecule has 0 saturated carbocycles. The fraction of sp³-hybridized carbons (Fsp3) is 0.281. The highest BCUT2D eigenvalue weighted by atomic mass is 35.5. The molecule has 0 spiro atoms. The topological polar surface area (TPSA) is 104 Å². The van der Waals surface area contributed by atoms with Crippen molar-refractivity contribution in [2.45, 2.75) is 5.25 Å². The Morgan fingerprint density at radius 1 is 0.977 bits per heavy atom. The van der Waals surface area contributed by atoms with Crippen LogP contribution in [0.5, 0.6) is 17.2 Å². The van der Waals surface area contributed by atoms with Crippen LogP contribution in [0.1, 0.15) is 16.4 Å². The molecule has 4 aromatic rings. The summed E-state index contributed by atoms with van der Waals surface area (Å²) in [6.07, 6.45) is 0. The summed E-state index contributed by atoms with van der Waals surface area (Å²) >= 11 is 7.71. The Bertz CT molecular complexity index is 1630. The summed E-state index contributed by atoms with van der Waals surface area (Å²) in [5.74, 6) is 1.97. The summed E-state index contributed by atoms with van der Waals surface area (Å²) in [7, 11) is 6.37. The minimum Gasteiger partial charge on any atom is -0.497 e. The molecule has 1 N–H and O–H groups in total. The molecule has 230 valence electrons. The number of anilines is 1. The van der Waals surface area contributed by atoms with Gasteiger partial charge in [0.1, 0.15) is 29.6 Å². The zero-order valence-corrected chi connectivity index (χ0v) is 26.4. The van der Waals surface area contributed by atoms with Gasteiger partial charge in [0.05, 0.1) is 50.3 Å². The van der Waals surface area contributed by atoms with Gasteiger partial charge in [0.2, 0.25) is 11.8 Å². The van der Waals surface area contributed by atoms with Crippen LogP contribution in [0.2, 0.25) is 5.02 Å². The minimum absolute atomic E-state index is 0.105. The highest BCUT2D eigenvalue weighted by Gasteiger charge is 2.38. The van der Waals surface area contributed by atoms with Crippen molar-refractivity contribution >= 4 is 41.0 Å². The number of halogens is 1. The number of thioether (sulfide) groups is 1. The third-order valence-electron chi connectivity index (χ3n) is 7.17. The maximum atomic E-state index is 13.9. The maximum Gasteiger partial charge on any atom is 0.240 e. The smallest absolute Gasteiger partial charge is 0.240 e. The van der Waals surface area contributed by atoms with E-state index in [1.807, 2.05) is 54.6 Å². The number of hydrogen-bond donors (Lipinski definition) is 1. The zero-order chi connectivity index (χ0) is 31.2. The molecule has 0 saturated heterocycles. The summed E-state index contributed by atoms with van der Waals surface area (Å²) in [5.41, 5.74) is 3.67. The van der Waals surface area contributed by atoms with Crippen molar-refractivity contribution in [2.75, 3.05) is 58.8 Å². The van der Waals surface area contributed by atoms with Gasteiger partial charge in [-0.05, 0) is 54.6 Å². The van der Waals surface area contributed by atoms with Crippen LogP contribution in [0.25, 0.3) is 16.9 Å². The van der Waals surface area contributed by atoms with Gasteiger partial charge in [0.15, 0.2) is 0 Å². The second kappa shape index (κ2) is 14.1. The SMILES string of the molecule is COCCNC(=O)CN1C(=O)CS[C@H](c2cc(OC)ccc2OC)c2c(-c3ccc(Cl)cc3)nn(-c3ccc(OC)cc3)c21. The van der Waals surface area contributed by atoms with Crippen LogP contribution in [-0.2, 0) is 14.3 Å². The van der Waals surface area contributed by atoms with Gasteiger partial charge in [-0.2, -0.15) is 5.10 Å². The summed E-state index contributed by atoms with van der Waals surface area (Å²) in [5, 5.41) is 8.10. The molecule has 3 aromatic carbocycles. The lowest BCUT2D eigenvalue weighted by Gasteiger charge is -2.23. The molecule has 12 heteroatoms. The molecule has 44 heavy (non-hydrogen) atoms.